The predicted octanol–water partition coefficient (Wildman–Crippen LogP) is 2.98. The zero-order valence-electron chi connectivity index (χ0n) is 17.2. The first-order chi connectivity index (χ1) is 13.3. The number of halogens is 1. The maximum atomic E-state index is 5.95. The monoisotopic (exact) mass is 502 g/mol. The molecule has 1 N–H and O–H groups in total. The molecule has 2 aliphatic rings. The number of para-hydroxylation sites is 1. The minimum Gasteiger partial charge on any atom is -0.375 e. The lowest BCUT2D eigenvalue weighted by molar-refractivity contribution is -0.0816. The van der Waals surface area contributed by atoms with Gasteiger partial charge in [0.25, 0.3) is 0 Å². The van der Waals surface area contributed by atoms with Gasteiger partial charge in [-0.15, -0.1) is 24.0 Å². The van der Waals surface area contributed by atoms with E-state index in [0.717, 1.165) is 71.2 Å². The lowest BCUT2D eigenvalue weighted by Crippen LogP contribution is -2.53. The summed E-state index contributed by atoms with van der Waals surface area (Å²) in [6.07, 6.45) is 3.73. The van der Waals surface area contributed by atoms with Gasteiger partial charge in [0.2, 0.25) is 0 Å². The molecule has 1 aromatic carbocycles. The first kappa shape index (κ1) is 23.2. The van der Waals surface area contributed by atoms with Crippen LogP contribution in [0.1, 0.15) is 26.2 Å². The maximum absolute atomic E-state index is 5.95. The Morgan fingerprint density at radius 1 is 1.21 bits per heavy atom. The lowest BCUT2D eigenvalue weighted by Gasteiger charge is -2.37. The van der Waals surface area contributed by atoms with Crippen molar-refractivity contribution < 1.29 is 9.47 Å². The number of guanidine groups is 1. The number of nitrogens with zero attached hydrogens (tertiary/aromatic N) is 3. The summed E-state index contributed by atoms with van der Waals surface area (Å²) in [5.41, 5.74) is 1.29. The molecule has 0 amide bonds. The minimum atomic E-state index is 0. The highest BCUT2D eigenvalue weighted by molar-refractivity contribution is 14.0. The Kier molecular flexibility index (Phi) is 10.4. The lowest BCUT2D eigenvalue weighted by atomic mass is 10.1. The van der Waals surface area contributed by atoms with E-state index in [4.69, 9.17) is 9.47 Å². The number of ether oxygens (including phenoxy) is 2. The molecule has 0 aliphatic carbocycles. The Morgan fingerprint density at radius 2 is 2.00 bits per heavy atom. The summed E-state index contributed by atoms with van der Waals surface area (Å²) in [5, 5.41) is 3.53. The van der Waals surface area contributed by atoms with Crippen LogP contribution in [0, 0.1) is 0 Å². The van der Waals surface area contributed by atoms with E-state index < -0.39 is 0 Å². The fourth-order valence-electron chi connectivity index (χ4n) is 3.90. The van der Waals surface area contributed by atoms with Gasteiger partial charge in [0, 0.05) is 52.1 Å². The van der Waals surface area contributed by atoms with Gasteiger partial charge in [0.1, 0.15) is 6.10 Å². The normalized spacial score (nSPS) is 22.6. The van der Waals surface area contributed by atoms with Crippen molar-refractivity contribution >= 4 is 35.6 Å². The summed E-state index contributed by atoms with van der Waals surface area (Å²) in [5.74, 6) is 0.976. The molecule has 0 saturated carbocycles. The van der Waals surface area contributed by atoms with Crippen molar-refractivity contribution in [3.05, 3.63) is 30.3 Å². The van der Waals surface area contributed by atoms with Gasteiger partial charge in [0.15, 0.2) is 5.96 Å². The highest BCUT2D eigenvalue weighted by atomic mass is 127. The summed E-state index contributed by atoms with van der Waals surface area (Å²) in [6, 6.07) is 10.6. The molecular weight excluding hydrogens is 467 g/mol. The van der Waals surface area contributed by atoms with Crippen LogP contribution in [-0.4, -0.2) is 76.1 Å². The highest BCUT2D eigenvalue weighted by Crippen LogP contribution is 2.21. The van der Waals surface area contributed by atoms with E-state index in [-0.39, 0.29) is 36.2 Å². The Morgan fingerprint density at radius 3 is 2.68 bits per heavy atom. The van der Waals surface area contributed by atoms with E-state index in [2.05, 4.69) is 57.4 Å². The Balaban J connectivity index is 0.00000280. The van der Waals surface area contributed by atoms with Gasteiger partial charge >= 0.3 is 0 Å². The Hall–Kier alpha value is -1.06. The van der Waals surface area contributed by atoms with Crippen LogP contribution in [-0.2, 0) is 9.47 Å². The van der Waals surface area contributed by atoms with E-state index in [1.54, 1.807) is 0 Å². The third-order valence-corrected chi connectivity index (χ3v) is 5.38. The van der Waals surface area contributed by atoms with Crippen molar-refractivity contribution in [2.45, 2.75) is 38.4 Å². The number of aliphatic imine (C=N–C) groups is 1. The summed E-state index contributed by atoms with van der Waals surface area (Å²) in [6.45, 7) is 8.52. The summed E-state index contributed by atoms with van der Waals surface area (Å²) in [7, 11) is 1.86. The second-order valence-electron chi connectivity index (χ2n) is 7.15. The topological polar surface area (TPSA) is 49.3 Å². The van der Waals surface area contributed by atoms with Crippen LogP contribution in [0.2, 0.25) is 0 Å². The molecule has 3 rings (SSSR count). The van der Waals surface area contributed by atoms with Crippen LogP contribution in [0.15, 0.2) is 35.3 Å². The SMILES string of the molecule is CCN(CCCNC(=NC)N1CCOC(C2CCCO2)C1)c1ccccc1.I. The number of benzene rings is 1. The Labute approximate surface area is 186 Å². The second-order valence-corrected chi connectivity index (χ2v) is 7.15. The van der Waals surface area contributed by atoms with Crippen LogP contribution in [0.4, 0.5) is 5.69 Å². The van der Waals surface area contributed by atoms with Gasteiger partial charge in [-0.3, -0.25) is 4.99 Å². The van der Waals surface area contributed by atoms with Crippen LogP contribution in [0.3, 0.4) is 0 Å². The molecule has 2 atom stereocenters. The molecule has 2 fully saturated rings. The molecule has 2 heterocycles. The van der Waals surface area contributed by atoms with Crippen LogP contribution in [0.25, 0.3) is 0 Å². The standard InChI is InChI=1S/C21H34N4O2.HI/c1-3-24(18-9-5-4-6-10-18)13-8-12-23-21(22-2)25-14-16-27-20(17-25)19-11-7-15-26-19;/h4-6,9-10,19-20H,3,7-8,11-17H2,1-2H3,(H,22,23);1H. The second kappa shape index (κ2) is 12.5. The molecule has 0 spiro atoms. The fourth-order valence-corrected chi connectivity index (χ4v) is 3.90. The number of morpholine rings is 1. The zero-order valence-corrected chi connectivity index (χ0v) is 19.5. The van der Waals surface area contributed by atoms with Crippen molar-refractivity contribution in [2.24, 2.45) is 4.99 Å². The van der Waals surface area contributed by atoms with E-state index >= 15 is 0 Å². The van der Waals surface area contributed by atoms with Crippen LogP contribution in [0.5, 0.6) is 0 Å². The molecule has 7 heteroatoms. The Bertz CT molecular complexity index is 581. The zero-order chi connectivity index (χ0) is 18.9. The van der Waals surface area contributed by atoms with Crippen LogP contribution < -0.4 is 10.2 Å². The largest absolute Gasteiger partial charge is 0.375 e. The molecular formula is C21H35IN4O2. The van der Waals surface area contributed by atoms with Gasteiger partial charge in [-0.25, -0.2) is 0 Å². The summed E-state index contributed by atoms with van der Waals surface area (Å²) < 4.78 is 11.8. The average Bonchev–Trinajstić information content (AvgIpc) is 3.27. The number of hydrogen-bond donors (Lipinski definition) is 1. The number of nitrogens with one attached hydrogen (secondary N) is 1. The fraction of sp³-hybridized carbons (Fsp3) is 0.667. The molecule has 0 aromatic heterocycles. The van der Waals surface area contributed by atoms with Crippen molar-refractivity contribution in [1.29, 1.82) is 0 Å². The van der Waals surface area contributed by atoms with Gasteiger partial charge in [-0.1, -0.05) is 18.2 Å². The maximum Gasteiger partial charge on any atom is 0.193 e. The number of hydrogen-bond acceptors (Lipinski definition) is 4. The van der Waals surface area contributed by atoms with Gasteiger partial charge in [-0.05, 0) is 38.3 Å². The summed E-state index contributed by atoms with van der Waals surface area (Å²) >= 11 is 0. The molecule has 28 heavy (non-hydrogen) atoms. The minimum absolute atomic E-state index is 0. The van der Waals surface area contributed by atoms with E-state index in [1.807, 2.05) is 7.05 Å². The third kappa shape index (κ3) is 6.49. The van der Waals surface area contributed by atoms with Gasteiger partial charge in [0.05, 0.1) is 12.7 Å². The smallest absolute Gasteiger partial charge is 0.193 e. The first-order valence-corrected chi connectivity index (χ1v) is 10.3. The quantitative estimate of drug-likeness (QED) is 0.269. The van der Waals surface area contributed by atoms with Crippen molar-refractivity contribution in [1.82, 2.24) is 10.2 Å². The van der Waals surface area contributed by atoms with Crippen molar-refractivity contribution in [3.63, 3.8) is 0 Å². The molecule has 2 aliphatic heterocycles. The first-order valence-electron chi connectivity index (χ1n) is 10.3. The van der Waals surface area contributed by atoms with E-state index in [9.17, 15) is 0 Å². The third-order valence-electron chi connectivity index (χ3n) is 5.38. The van der Waals surface area contributed by atoms with Gasteiger partial charge in [-0.2, -0.15) is 0 Å². The van der Waals surface area contributed by atoms with Gasteiger partial charge < -0.3 is 24.6 Å². The van der Waals surface area contributed by atoms with Crippen molar-refractivity contribution in [2.75, 3.05) is 57.9 Å². The molecule has 6 nitrogen and oxygen atoms in total. The van der Waals surface area contributed by atoms with Crippen molar-refractivity contribution in [3.8, 4) is 0 Å². The molecule has 0 bridgehead atoms. The predicted molar refractivity (Wildman–Crippen MR) is 126 cm³/mol. The van der Waals surface area contributed by atoms with E-state index in [0.29, 0.717) is 0 Å². The molecule has 2 saturated heterocycles. The highest BCUT2D eigenvalue weighted by Gasteiger charge is 2.32. The molecule has 1 aromatic rings. The van der Waals surface area contributed by atoms with Crippen LogP contribution >= 0.6 is 24.0 Å². The number of rotatable bonds is 7. The molecule has 158 valence electrons. The summed E-state index contributed by atoms with van der Waals surface area (Å²) in [4.78, 5) is 9.21. The average molecular weight is 502 g/mol. The molecule has 0 radical (unpaired) electrons. The number of anilines is 1. The van der Waals surface area contributed by atoms with E-state index in [1.165, 1.54) is 5.69 Å². The molecule has 2 unspecified atom stereocenters.